The molecule has 6 nitrogen and oxygen atoms in total. The first kappa shape index (κ1) is 27.9. The number of carboxylic acid groups (broad SMARTS) is 1. The average molecular weight is 518 g/mol. The van der Waals surface area contributed by atoms with Crippen molar-refractivity contribution >= 4 is 43.2 Å². The molecule has 0 amide bonds. The number of halogens is 3. The highest BCUT2D eigenvalue weighted by molar-refractivity contribution is 5.86. The van der Waals surface area contributed by atoms with Gasteiger partial charge in [-0.25, -0.2) is 4.98 Å². The number of aryl methyl sites for hydroxylation is 1. The Morgan fingerprint density at radius 2 is 1.79 bits per heavy atom. The van der Waals surface area contributed by atoms with E-state index in [1.54, 1.807) is 0 Å². The molecule has 184 valence electrons. The minimum absolute atomic E-state index is 0. The number of hydrogen-bond acceptors (Lipinski definition) is 4. The van der Waals surface area contributed by atoms with Crippen molar-refractivity contribution in [1.29, 1.82) is 0 Å². The van der Waals surface area contributed by atoms with Crippen LogP contribution in [0.15, 0.2) is 30.6 Å². The van der Waals surface area contributed by atoms with Gasteiger partial charge in [0.15, 0.2) is 0 Å². The zero-order valence-electron chi connectivity index (χ0n) is 18.8. The number of nitrogens with two attached hydrogens (primary N) is 1. The molecule has 9 heteroatoms. The second kappa shape index (κ2) is 11.9. The van der Waals surface area contributed by atoms with Crippen LogP contribution in [-0.4, -0.2) is 50.7 Å². The fraction of sp³-hybridized carbons (Fsp3) is 0.583. The molecule has 0 bridgehead atoms. The number of nitrogens with zero attached hydrogens (tertiary/aromatic N) is 3. The Morgan fingerprint density at radius 3 is 2.45 bits per heavy atom. The number of carbonyl (C=O) groups is 1. The molecule has 2 fully saturated rings. The van der Waals surface area contributed by atoms with Gasteiger partial charge in [0.1, 0.15) is 6.04 Å². The maximum Gasteiger partial charge on any atom is 0.321 e. The van der Waals surface area contributed by atoms with Crippen LogP contribution >= 0.6 is 37.2 Å². The van der Waals surface area contributed by atoms with E-state index < -0.39 is 12.0 Å². The van der Waals surface area contributed by atoms with E-state index in [1.807, 2.05) is 6.33 Å². The molecule has 2 aliphatic heterocycles. The molecule has 3 atom stereocenters. The lowest BCUT2D eigenvalue weighted by Gasteiger charge is -2.38. The van der Waals surface area contributed by atoms with E-state index in [0.29, 0.717) is 12.5 Å². The fourth-order valence-corrected chi connectivity index (χ4v) is 6.06. The molecular weight excluding hydrogens is 483 g/mol. The Hall–Kier alpha value is -1.31. The predicted molar refractivity (Wildman–Crippen MR) is 138 cm³/mol. The molecule has 1 aromatic heterocycles. The first-order chi connectivity index (χ1) is 14.6. The summed E-state index contributed by atoms with van der Waals surface area (Å²) in [6.07, 6.45) is 10.5. The largest absolute Gasteiger partial charge is 0.480 e. The molecule has 1 aromatic carbocycles. The number of rotatable bonds is 5. The lowest BCUT2D eigenvalue weighted by atomic mass is 9.73. The van der Waals surface area contributed by atoms with E-state index in [0.717, 1.165) is 44.3 Å². The van der Waals surface area contributed by atoms with Crippen LogP contribution in [0.25, 0.3) is 5.69 Å². The molecule has 1 saturated heterocycles. The first-order valence-electron chi connectivity index (χ1n) is 11.5. The third kappa shape index (κ3) is 5.35. The predicted octanol–water partition coefficient (Wildman–Crippen LogP) is 4.39. The molecule has 33 heavy (non-hydrogen) atoms. The normalized spacial score (nSPS) is 22.0. The number of imidazole rings is 1. The van der Waals surface area contributed by atoms with Crippen LogP contribution in [-0.2, 0) is 17.6 Å². The van der Waals surface area contributed by atoms with Crippen molar-refractivity contribution < 1.29 is 9.90 Å². The minimum Gasteiger partial charge on any atom is -0.480 e. The van der Waals surface area contributed by atoms with Gasteiger partial charge in [-0.05, 0) is 49.7 Å². The summed E-state index contributed by atoms with van der Waals surface area (Å²) >= 11 is 0. The SMILES string of the molecule is Cl.Cl.Cl.N[C@H]1CCN([C@H](C(=O)O)C(c2ncn3c2CCc2ccccc2-3)C2CCCCC2)C1. The highest BCUT2D eigenvalue weighted by Gasteiger charge is 2.44. The summed E-state index contributed by atoms with van der Waals surface area (Å²) in [5, 5.41) is 10.4. The minimum atomic E-state index is -0.724. The van der Waals surface area contributed by atoms with Gasteiger partial charge in [0.2, 0.25) is 0 Å². The van der Waals surface area contributed by atoms with Gasteiger partial charge < -0.3 is 15.4 Å². The third-order valence-electron chi connectivity index (χ3n) is 7.50. The Morgan fingerprint density at radius 1 is 1.06 bits per heavy atom. The number of carboxylic acids is 1. The molecule has 0 radical (unpaired) electrons. The standard InChI is InChI=1S/C24H32N4O2.3ClH/c25-18-12-13-27(14-18)23(24(29)30)21(17-7-2-1-3-8-17)22-20-11-10-16-6-4-5-9-19(16)28(20)15-26-22;;;/h4-6,9,15,17-18,21,23H,1-3,7-8,10-14,25H2,(H,29,30);3*1H/t18-,21?,23-;;;/m0.../s1. The number of hydrogen-bond donors (Lipinski definition) is 2. The lowest BCUT2D eigenvalue weighted by Crippen LogP contribution is -2.47. The van der Waals surface area contributed by atoms with Crippen LogP contribution in [0.3, 0.4) is 0 Å². The average Bonchev–Trinajstić information content (AvgIpc) is 3.38. The molecule has 1 unspecified atom stereocenters. The fourth-order valence-electron chi connectivity index (χ4n) is 6.06. The number of aliphatic carboxylic acids is 1. The van der Waals surface area contributed by atoms with E-state index >= 15 is 0 Å². The van der Waals surface area contributed by atoms with E-state index in [-0.39, 0.29) is 49.2 Å². The van der Waals surface area contributed by atoms with Crippen LogP contribution < -0.4 is 5.73 Å². The molecule has 1 aliphatic carbocycles. The summed E-state index contributed by atoms with van der Waals surface area (Å²) < 4.78 is 2.21. The van der Waals surface area contributed by atoms with Gasteiger partial charge in [-0.15, -0.1) is 37.2 Å². The molecule has 2 aromatic rings. The van der Waals surface area contributed by atoms with Gasteiger partial charge in [-0.3, -0.25) is 9.69 Å². The summed E-state index contributed by atoms with van der Waals surface area (Å²) in [6.45, 7) is 1.43. The van der Waals surface area contributed by atoms with E-state index in [4.69, 9.17) is 10.7 Å². The topological polar surface area (TPSA) is 84.4 Å². The van der Waals surface area contributed by atoms with Crippen molar-refractivity contribution in [3.63, 3.8) is 0 Å². The van der Waals surface area contributed by atoms with Crippen molar-refractivity contribution in [2.45, 2.75) is 69.4 Å². The molecular formula is C24H35Cl3N4O2. The van der Waals surface area contributed by atoms with Gasteiger partial charge in [0, 0.05) is 36.4 Å². The zero-order chi connectivity index (χ0) is 20.7. The Bertz CT molecular complexity index is 932. The van der Waals surface area contributed by atoms with Crippen molar-refractivity contribution in [2.24, 2.45) is 11.7 Å². The molecule has 0 spiro atoms. The van der Waals surface area contributed by atoms with Gasteiger partial charge in [0.05, 0.1) is 12.0 Å². The van der Waals surface area contributed by atoms with Crippen LogP contribution in [0.1, 0.15) is 61.4 Å². The monoisotopic (exact) mass is 516 g/mol. The van der Waals surface area contributed by atoms with Crippen molar-refractivity contribution in [2.75, 3.05) is 13.1 Å². The maximum atomic E-state index is 12.6. The molecule has 3 N–H and O–H groups in total. The van der Waals surface area contributed by atoms with E-state index in [9.17, 15) is 9.90 Å². The smallest absolute Gasteiger partial charge is 0.321 e. The lowest BCUT2D eigenvalue weighted by molar-refractivity contribution is -0.144. The highest BCUT2D eigenvalue weighted by Crippen LogP contribution is 2.42. The van der Waals surface area contributed by atoms with Gasteiger partial charge in [-0.1, -0.05) is 37.5 Å². The number of benzene rings is 1. The second-order valence-electron chi connectivity index (χ2n) is 9.33. The van der Waals surface area contributed by atoms with Gasteiger partial charge >= 0.3 is 5.97 Å². The number of aromatic nitrogens is 2. The quantitative estimate of drug-likeness (QED) is 0.615. The Labute approximate surface area is 214 Å². The summed E-state index contributed by atoms with van der Waals surface area (Å²) in [5.41, 5.74) is 10.9. The Kier molecular flexibility index (Phi) is 10.1. The third-order valence-corrected chi connectivity index (χ3v) is 7.50. The van der Waals surface area contributed by atoms with E-state index in [1.165, 1.54) is 36.2 Å². The molecule has 5 rings (SSSR count). The summed E-state index contributed by atoms with van der Waals surface area (Å²) in [6, 6.07) is 8.01. The van der Waals surface area contributed by atoms with Crippen LogP contribution in [0.2, 0.25) is 0 Å². The maximum absolute atomic E-state index is 12.6. The summed E-state index contributed by atoms with van der Waals surface area (Å²) in [4.78, 5) is 19.6. The molecule has 3 heterocycles. The Balaban J connectivity index is 0.00000128. The van der Waals surface area contributed by atoms with Crippen molar-refractivity contribution in [3.8, 4) is 5.69 Å². The molecule has 1 saturated carbocycles. The summed E-state index contributed by atoms with van der Waals surface area (Å²) in [5.74, 6) is -0.430. The highest BCUT2D eigenvalue weighted by atomic mass is 35.5. The van der Waals surface area contributed by atoms with Crippen LogP contribution in [0, 0.1) is 5.92 Å². The van der Waals surface area contributed by atoms with Gasteiger partial charge in [0.25, 0.3) is 0 Å². The van der Waals surface area contributed by atoms with Gasteiger partial charge in [-0.2, -0.15) is 0 Å². The molecule has 3 aliphatic rings. The van der Waals surface area contributed by atoms with Crippen molar-refractivity contribution in [1.82, 2.24) is 14.5 Å². The van der Waals surface area contributed by atoms with Crippen LogP contribution in [0.5, 0.6) is 0 Å². The second-order valence-corrected chi connectivity index (χ2v) is 9.33. The van der Waals surface area contributed by atoms with Crippen LogP contribution in [0.4, 0.5) is 0 Å². The number of para-hydroxylation sites is 1. The summed E-state index contributed by atoms with van der Waals surface area (Å²) in [7, 11) is 0. The number of likely N-dealkylation sites (tertiary alicyclic amines) is 1. The van der Waals surface area contributed by atoms with E-state index in [2.05, 4.69) is 33.7 Å². The zero-order valence-corrected chi connectivity index (χ0v) is 21.2. The van der Waals surface area contributed by atoms with Crippen molar-refractivity contribution in [3.05, 3.63) is 47.5 Å². The number of fused-ring (bicyclic) bond motifs is 3. The first-order valence-corrected chi connectivity index (χ1v) is 11.5.